The molecule has 186 valence electrons. The fourth-order valence-electron chi connectivity index (χ4n) is 3.14. The summed E-state index contributed by atoms with van der Waals surface area (Å²) in [6, 6.07) is 18.3. The van der Waals surface area contributed by atoms with Crippen LogP contribution in [-0.4, -0.2) is 44.0 Å². The zero-order valence-electron chi connectivity index (χ0n) is 20.1. The Morgan fingerprint density at radius 3 is 2.44 bits per heavy atom. The van der Waals surface area contributed by atoms with Gasteiger partial charge >= 0.3 is 0 Å². The van der Waals surface area contributed by atoms with E-state index in [2.05, 4.69) is 15.8 Å². The quantitative estimate of drug-likeness (QED) is 0.227. The highest BCUT2D eigenvalue weighted by Crippen LogP contribution is 2.27. The first-order chi connectivity index (χ1) is 17.4. The van der Waals surface area contributed by atoms with Crippen LogP contribution in [0.2, 0.25) is 0 Å². The van der Waals surface area contributed by atoms with Gasteiger partial charge in [0.15, 0.2) is 11.5 Å². The maximum absolute atomic E-state index is 13.0. The number of nitrogens with one attached hydrogen (secondary N) is 2. The van der Waals surface area contributed by atoms with Crippen molar-refractivity contribution < 1.29 is 28.9 Å². The molecule has 3 rings (SSSR count). The van der Waals surface area contributed by atoms with Crippen LogP contribution in [0.25, 0.3) is 6.08 Å². The van der Waals surface area contributed by atoms with Crippen LogP contribution in [0.15, 0.2) is 77.5 Å². The fraction of sp³-hybridized carbons (Fsp3) is 0.148. The zero-order chi connectivity index (χ0) is 25.9. The molecule has 0 bridgehead atoms. The first kappa shape index (κ1) is 25.8. The molecule has 0 aliphatic rings. The van der Waals surface area contributed by atoms with Crippen molar-refractivity contribution in [2.45, 2.75) is 6.92 Å². The minimum absolute atomic E-state index is 0.000295. The van der Waals surface area contributed by atoms with E-state index in [1.54, 1.807) is 67.6 Å². The monoisotopic (exact) mass is 489 g/mol. The number of hydrazone groups is 1. The number of methoxy groups -OCH3 is 2. The standard InChI is InChI=1S/C27H27N3O6/c1-4-36-25-14-18(10-13-23(25)31)17-28-30-27(33)22(29-26(32)19-8-6-5-7-9-19)15-20-11-12-21(34-2)16-24(20)35-3/h5-17,31H,4H2,1-3H3,(H,29,32)(H,30,33)/b22-15+,28-17?. The van der Waals surface area contributed by atoms with Gasteiger partial charge in [0.05, 0.1) is 27.0 Å². The summed E-state index contributed by atoms with van der Waals surface area (Å²) in [6.45, 7) is 2.19. The summed E-state index contributed by atoms with van der Waals surface area (Å²) in [7, 11) is 3.03. The number of hydrogen-bond acceptors (Lipinski definition) is 7. The van der Waals surface area contributed by atoms with E-state index in [0.29, 0.717) is 40.5 Å². The molecule has 0 radical (unpaired) electrons. The number of phenols is 1. The van der Waals surface area contributed by atoms with Gasteiger partial charge in [-0.1, -0.05) is 18.2 Å². The van der Waals surface area contributed by atoms with Gasteiger partial charge in [0.25, 0.3) is 11.8 Å². The molecular weight excluding hydrogens is 462 g/mol. The fourth-order valence-corrected chi connectivity index (χ4v) is 3.14. The van der Waals surface area contributed by atoms with E-state index in [9.17, 15) is 14.7 Å². The molecule has 0 fully saturated rings. The van der Waals surface area contributed by atoms with Crippen molar-refractivity contribution in [3.8, 4) is 23.0 Å². The molecule has 0 unspecified atom stereocenters. The Kier molecular flexibility index (Phi) is 9.05. The molecule has 0 spiro atoms. The van der Waals surface area contributed by atoms with Crippen molar-refractivity contribution >= 4 is 24.1 Å². The Bertz CT molecular complexity index is 1270. The number of nitrogens with zero attached hydrogens (tertiary/aromatic N) is 1. The highest BCUT2D eigenvalue weighted by molar-refractivity contribution is 6.05. The Morgan fingerprint density at radius 1 is 0.972 bits per heavy atom. The molecular formula is C27H27N3O6. The Balaban J connectivity index is 1.87. The largest absolute Gasteiger partial charge is 0.504 e. The van der Waals surface area contributed by atoms with Crippen LogP contribution in [0.4, 0.5) is 0 Å². The number of carbonyl (C=O) groups is 2. The molecule has 0 heterocycles. The molecule has 0 aliphatic carbocycles. The number of phenolic OH excluding ortho intramolecular Hbond substituents is 1. The SMILES string of the molecule is CCOc1cc(C=NNC(=O)/C(=C\c2ccc(OC)cc2OC)NC(=O)c2ccccc2)ccc1O. The third-order valence-electron chi connectivity index (χ3n) is 4.93. The number of carbonyl (C=O) groups excluding carboxylic acids is 2. The number of hydrogen-bond donors (Lipinski definition) is 3. The maximum atomic E-state index is 13.0. The van der Waals surface area contributed by atoms with Crippen LogP contribution in [0.3, 0.4) is 0 Å². The lowest BCUT2D eigenvalue weighted by atomic mass is 10.1. The summed E-state index contributed by atoms with van der Waals surface area (Å²) >= 11 is 0. The molecule has 9 heteroatoms. The number of aromatic hydroxyl groups is 1. The van der Waals surface area contributed by atoms with Crippen LogP contribution >= 0.6 is 0 Å². The lowest BCUT2D eigenvalue weighted by Gasteiger charge is -2.12. The van der Waals surface area contributed by atoms with Crippen LogP contribution in [0.5, 0.6) is 23.0 Å². The number of rotatable bonds is 10. The highest BCUT2D eigenvalue weighted by Gasteiger charge is 2.16. The van der Waals surface area contributed by atoms with E-state index in [4.69, 9.17) is 14.2 Å². The number of benzene rings is 3. The molecule has 0 aromatic heterocycles. The van der Waals surface area contributed by atoms with E-state index in [0.717, 1.165) is 0 Å². The van der Waals surface area contributed by atoms with Crippen LogP contribution in [-0.2, 0) is 4.79 Å². The smallest absolute Gasteiger partial charge is 0.287 e. The summed E-state index contributed by atoms with van der Waals surface area (Å²) in [5.74, 6) is 0.207. The average molecular weight is 490 g/mol. The normalized spacial score (nSPS) is 11.1. The first-order valence-corrected chi connectivity index (χ1v) is 11.0. The summed E-state index contributed by atoms with van der Waals surface area (Å²) in [6.07, 6.45) is 2.88. The van der Waals surface area contributed by atoms with Crippen molar-refractivity contribution in [1.82, 2.24) is 10.7 Å². The molecule has 3 aromatic carbocycles. The highest BCUT2D eigenvalue weighted by atomic mass is 16.5. The second-order valence-electron chi connectivity index (χ2n) is 7.35. The third-order valence-corrected chi connectivity index (χ3v) is 4.93. The van der Waals surface area contributed by atoms with Crippen LogP contribution < -0.4 is 25.0 Å². The molecule has 3 aromatic rings. The van der Waals surface area contributed by atoms with Crippen molar-refractivity contribution in [3.05, 3.63) is 89.1 Å². The second-order valence-corrected chi connectivity index (χ2v) is 7.35. The van der Waals surface area contributed by atoms with Gasteiger partial charge in [-0.05, 0) is 61.0 Å². The molecule has 0 aliphatic heterocycles. The minimum Gasteiger partial charge on any atom is -0.504 e. The summed E-state index contributed by atoms with van der Waals surface area (Å²) in [4.78, 5) is 25.8. The Hall–Kier alpha value is -4.79. The molecule has 2 amide bonds. The molecule has 3 N–H and O–H groups in total. The predicted molar refractivity (Wildman–Crippen MR) is 136 cm³/mol. The van der Waals surface area contributed by atoms with E-state index < -0.39 is 11.8 Å². The number of ether oxygens (including phenoxy) is 3. The van der Waals surface area contributed by atoms with Gasteiger partial charge in [0, 0.05) is 17.2 Å². The lowest BCUT2D eigenvalue weighted by Crippen LogP contribution is -2.32. The van der Waals surface area contributed by atoms with Crippen molar-refractivity contribution in [1.29, 1.82) is 0 Å². The van der Waals surface area contributed by atoms with Gasteiger partial charge in [-0.25, -0.2) is 5.43 Å². The molecule has 0 saturated carbocycles. The third kappa shape index (κ3) is 6.86. The van der Waals surface area contributed by atoms with Gasteiger partial charge < -0.3 is 24.6 Å². The predicted octanol–water partition coefficient (Wildman–Crippen LogP) is 3.73. The topological polar surface area (TPSA) is 118 Å². The van der Waals surface area contributed by atoms with E-state index in [1.807, 2.05) is 0 Å². The Labute approximate surface area is 209 Å². The zero-order valence-corrected chi connectivity index (χ0v) is 20.1. The summed E-state index contributed by atoms with van der Waals surface area (Å²) < 4.78 is 16.0. The van der Waals surface area contributed by atoms with E-state index >= 15 is 0 Å². The number of amides is 2. The molecule has 0 atom stereocenters. The molecule has 0 saturated heterocycles. The summed E-state index contributed by atoms with van der Waals surface area (Å²) in [5, 5.41) is 16.5. The first-order valence-electron chi connectivity index (χ1n) is 11.0. The maximum Gasteiger partial charge on any atom is 0.287 e. The van der Waals surface area contributed by atoms with Gasteiger partial charge in [-0.15, -0.1) is 0 Å². The van der Waals surface area contributed by atoms with Crippen LogP contribution in [0.1, 0.15) is 28.4 Å². The van der Waals surface area contributed by atoms with E-state index in [1.165, 1.54) is 32.6 Å². The minimum atomic E-state index is -0.655. The summed E-state index contributed by atoms with van der Waals surface area (Å²) in [5.41, 5.74) is 3.88. The van der Waals surface area contributed by atoms with Gasteiger partial charge in [0.1, 0.15) is 17.2 Å². The van der Waals surface area contributed by atoms with Gasteiger partial charge in [-0.3, -0.25) is 9.59 Å². The van der Waals surface area contributed by atoms with Crippen molar-refractivity contribution in [2.24, 2.45) is 5.10 Å². The Morgan fingerprint density at radius 2 is 1.75 bits per heavy atom. The molecule has 9 nitrogen and oxygen atoms in total. The lowest BCUT2D eigenvalue weighted by molar-refractivity contribution is -0.117. The van der Waals surface area contributed by atoms with Gasteiger partial charge in [-0.2, -0.15) is 5.10 Å². The average Bonchev–Trinajstić information content (AvgIpc) is 2.90. The van der Waals surface area contributed by atoms with Crippen molar-refractivity contribution in [2.75, 3.05) is 20.8 Å². The second kappa shape index (κ2) is 12.6. The van der Waals surface area contributed by atoms with E-state index in [-0.39, 0.29) is 11.4 Å². The molecule has 36 heavy (non-hydrogen) atoms. The van der Waals surface area contributed by atoms with Crippen LogP contribution in [0, 0.1) is 0 Å². The van der Waals surface area contributed by atoms with Crippen molar-refractivity contribution in [3.63, 3.8) is 0 Å². The van der Waals surface area contributed by atoms with Gasteiger partial charge in [0.2, 0.25) is 0 Å².